The smallest absolute Gasteiger partial charge is 0.271 e. The van der Waals surface area contributed by atoms with Gasteiger partial charge in [0.05, 0.1) is 24.1 Å². The van der Waals surface area contributed by atoms with E-state index in [2.05, 4.69) is 48.0 Å². The van der Waals surface area contributed by atoms with Crippen molar-refractivity contribution in [3.63, 3.8) is 0 Å². The van der Waals surface area contributed by atoms with Gasteiger partial charge >= 0.3 is 0 Å². The van der Waals surface area contributed by atoms with E-state index in [0.717, 1.165) is 81.1 Å². The van der Waals surface area contributed by atoms with E-state index >= 15 is 0 Å². The average Bonchev–Trinajstić information content (AvgIpc) is 3.76. The van der Waals surface area contributed by atoms with Crippen molar-refractivity contribution in [3.8, 4) is 0 Å². The molecule has 212 valence electrons. The maximum atomic E-state index is 11.9. The van der Waals surface area contributed by atoms with Crippen LogP contribution in [0, 0.1) is 0 Å². The summed E-state index contributed by atoms with van der Waals surface area (Å²) in [6.07, 6.45) is 13.2. The average molecular weight is 546 g/mol. The Labute approximate surface area is 234 Å². The third-order valence-electron chi connectivity index (χ3n) is 7.82. The topological polar surface area (TPSA) is 143 Å². The number of primary amides is 1. The zero-order valence-corrected chi connectivity index (χ0v) is 23.1. The normalized spacial score (nSPS) is 19.4. The largest absolute Gasteiger partial charge is 0.364 e. The van der Waals surface area contributed by atoms with Gasteiger partial charge in [-0.3, -0.25) is 14.3 Å². The van der Waals surface area contributed by atoms with Crippen LogP contribution in [0.5, 0.6) is 0 Å². The lowest BCUT2D eigenvalue weighted by atomic mass is 10.1. The van der Waals surface area contributed by atoms with Crippen molar-refractivity contribution < 1.29 is 9.59 Å². The summed E-state index contributed by atoms with van der Waals surface area (Å²) in [5, 5.41) is 14.4. The van der Waals surface area contributed by atoms with Crippen LogP contribution in [0.25, 0.3) is 0 Å². The van der Waals surface area contributed by atoms with Gasteiger partial charge in [0, 0.05) is 30.9 Å². The van der Waals surface area contributed by atoms with E-state index in [1.165, 1.54) is 18.4 Å². The van der Waals surface area contributed by atoms with Crippen LogP contribution in [0.4, 0.5) is 17.3 Å². The van der Waals surface area contributed by atoms with Crippen LogP contribution in [0.3, 0.4) is 0 Å². The van der Waals surface area contributed by atoms with Crippen molar-refractivity contribution in [1.29, 1.82) is 0 Å². The van der Waals surface area contributed by atoms with Crippen molar-refractivity contribution in [1.82, 2.24) is 30.4 Å². The molecule has 1 aliphatic carbocycles. The molecule has 1 aromatic carbocycles. The van der Waals surface area contributed by atoms with E-state index in [4.69, 9.17) is 5.73 Å². The lowest BCUT2D eigenvalue weighted by Crippen LogP contribution is -2.44. The van der Waals surface area contributed by atoms with Crippen LogP contribution in [0.1, 0.15) is 76.9 Å². The Hall–Kier alpha value is -3.83. The molecule has 1 saturated carbocycles. The quantitative estimate of drug-likeness (QED) is 0.314. The molecule has 40 heavy (non-hydrogen) atoms. The van der Waals surface area contributed by atoms with E-state index < -0.39 is 5.91 Å². The number of hydrogen-bond donors (Lipinski definition) is 4. The van der Waals surface area contributed by atoms with E-state index in [0.29, 0.717) is 17.9 Å². The highest BCUT2D eigenvalue weighted by Crippen LogP contribution is 2.39. The van der Waals surface area contributed by atoms with Crippen molar-refractivity contribution in [2.75, 3.05) is 43.4 Å². The molecule has 5 N–H and O–H groups in total. The van der Waals surface area contributed by atoms with Gasteiger partial charge in [0.1, 0.15) is 12.1 Å². The number of carbonyl (C=O) groups is 2. The number of aldehydes is 1. The zero-order chi connectivity index (χ0) is 27.9. The molecule has 0 bridgehead atoms. The number of likely N-dealkylation sites (N-methyl/N-ethyl adjacent to an activating group) is 1. The van der Waals surface area contributed by atoms with Gasteiger partial charge in [-0.1, -0.05) is 24.3 Å². The summed E-state index contributed by atoms with van der Waals surface area (Å²) < 4.78 is 1.98. The maximum absolute atomic E-state index is 11.9. The standard InChI is InChI=1S/C19H29N9O.C10H10O/c1-21-13-3-2-8-27(11-13)16-10-23-17(18(20)29)19(26-16)25-14-9-24-28(12-14)15-4-6-22-7-5-15;11-7-8-1-3-9(4-2-8)10-5-6-10/h9-10,12-13,15,21-22H,2-8,11H2,1H3,(H2,20,29)(H,25,26);1-4,7,10H,5-6H2/t13-;/m1./s1. The fourth-order valence-corrected chi connectivity index (χ4v) is 5.29. The number of anilines is 3. The van der Waals surface area contributed by atoms with Gasteiger partial charge in [0.15, 0.2) is 11.5 Å². The Morgan fingerprint density at radius 3 is 2.55 bits per heavy atom. The molecule has 1 atom stereocenters. The second-order valence-electron chi connectivity index (χ2n) is 10.7. The highest BCUT2D eigenvalue weighted by Gasteiger charge is 2.24. The Morgan fingerprint density at radius 1 is 1.10 bits per heavy atom. The lowest BCUT2D eigenvalue weighted by molar-refractivity contribution is 0.0995. The molecule has 11 heteroatoms. The number of benzene rings is 1. The second-order valence-corrected chi connectivity index (χ2v) is 10.7. The molecule has 2 aliphatic heterocycles. The van der Waals surface area contributed by atoms with E-state index in [1.54, 1.807) is 12.4 Å². The van der Waals surface area contributed by atoms with Gasteiger partial charge in [0.25, 0.3) is 5.91 Å². The number of nitrogens with zero attached hydrogens (tertiary/aromatic N) is 5. The number of hydrogen-bond acceptors (Lipinski definition) is 9. The first-order valence-electron chi connectivity index (χ1n) is 14.2. The SMILES string of the molecule is CN[C@@H]1CCCN(c2cnc(C(N)=O)c(Nc3cnn(C4CCNCC4)c3)n2)C1.O=Cc1ccc(C2CC2)cc1. The van der Waals surface area contributed by atoms with Gasteiger partial charge in [-0.15, -0.1) is 0 Å². The molecular weight excluding hydrogens is 506 g/mol. The first-order chi connectivity index (χ1) is 19.5. The molecule has 6 rings (SSSR count). The molecule has 1 amide bonds. The van der Waals surface area contributed by atoms with Crippen LogP contribution in [0.15, 0.2) is 42.9 Å². The minimum atomic E-state index is -0.607. The highest BCUT2D eigenvalue weighted by atomic mass is 16.1. The summed E-state index contributed by atoms with van der Waals surface area (Å²) in [5.41, 5.74) is 8.58. The lowest BCUT2D eigenvalue weighted by Gasteiger charge is -2.33. The molecule has 3 aliphatic rings. The minimum Gasteiger partial charge on any atom is -0.364 e. The van der Waals surface area contributed by atoms with Gasteiger partial charge in [-0.2, -0.15) is 5.10 Å². The Morgan fingerprint density at radius 2 is 1.88 bits per heavy atom. The number of carbonyl (C=O) groups excluding carboxylic acids is 2. The minimum absolute atomic E-state index is 0.130. The van der Waals surface area contributed by atoms with Crippen molar-refractivity contribution >= 4 is 29.5 Å². The Kier molecular flexibility index (Phi) is 9.02. The molecule has 4 heterocycles. The molecule has 0 spiro atoms. The van der Waals surface area contributed by atoms with E-state index in [1.807, 2.05) is 30.1 Å². The summed E-state index contributed by atoms with van der Waals surface area (Å²) in [4.78, 5) is 33.3. The molecule has 11 nitrogen and oxygen atoms in total. The molecule has 2 aromatic heterocycles. The number of nitrogens with one attached hydrogen (secondary N) is 3. The summed E-state index contributed by atoms with van der Waals surface area (Å²) in [6, 6.07) is 8.69. The number of aromatic nitrogens is 4. The Bertz CT molecular complexity index is 1280. The summed E-state index contributed by atoms with van der Waals surface area (Å²) in [6.45, 7) is 3.76. The fraction of sp³-hybridized carbons (Fsp3) is 0.483. The van der Waals surface area contributed by atoms with Crippen molar-refractivity contribution in [2.45, 2.75) is 56.5 Å². The molecule has 3 aromatic rings. The third-order valence-corrected chi connectivity index (χ3v) is 7.82. The first kappa shape index (κ1) is 27.7. The number of amides is 1. The second kappa shape index (κ2) is 13.0. The van der Waals surface area contributed by atoms with Gasteiger partial charge in [0.2, 0.25) is 0 Å². The zero-order valence-electron chi connectivity index (χ0n) is 23.1. The number of rotatable bonds is 8. The van der Waals surface area contributed by atoms with Gasteiger partial charge in [-0.05, 0) is 70.1 Å². The monoisotopic (exact) mass is 545 g/mol. The Balaban J connectivity index is 0.000000244. The summed E-state index contributed by atoms with van der Waals surface area (Å²) in [5.74, 6) is 1.29. The van der Waals surface area contributed by atoms with Crippen LogP contribution >= 0.6 is 0 Å². The van der Waals surface area contributed by atoms with E-state index in [9.17, 15) is 9.59 Å². The van der Waals surface area contributed by atoms with Crippen molar-refractivity contribution in [3.05, 3.63) is 59.7 Å². The van der Waals surface area contributed by atoms with Crippen molar-refractivity contribution in [2.24, 2.45) is 5.73 Å². The third kappa shape index (κ3) is 7.02. The molecular formula is C29H39N9O2. The number of nitrogens with two attached hydrogens (primary N) is 1. The van der Waals surface area contributed by atoms with E-state index in [-0.39, 0.29) is 5.69 Å². The fourth-order valence-electron chi connectivity index (χ4n) is 5.29. The highest BCUT2D eigenvalue weighted by molar-refractivity contribution is 5.96. The molecule has 0 radical (unpaired) electrons. The van der Waals surface area contributed by atoms with Crippen LogP contribution in [-0.4, -0.2) is 71.2 Å². The maximum Gasteiger partial charge on any atom is 0.271 e. The summed E-state index contributed by atoms with van der Waals surface area (Å²) >= 11 is 0. The molecule has 0 unspecified atom stereocenters. The van der Waals surface area contributed by atoms with Gasteiger partial charge in [-0.25, -0.2) is 9.97 Å². The molecule has 2 saturated heterocycles. The first-order valence-corrected chi connectivity index (χ1v) is 14.2. The predicted molar refractivity (Wildman–Crippen MR) is 155 cm³/mol. The summed E-state index contributed by atoms with van der Waals surface area (Å²) in [7, 11) is 1.98. The van der Waals surface area contributed by atoms with Crippen LogP contribution in [0.2, 0.25) is 0 Å². The molecule has 3 fully saturated rings. The number of piperidine rings is 2. The predicted octanol–water partition coefficient (Wildman–Crippen LogP) is 3.00. The van der Waals surface area contributed by atoms with Crippen LogP contribution < -0.4 is 26.6 Å². The van der Waals surface area contributed by atoms with Gasteiger partial charge < -0.3 is 26.6 Å². The van der Waals surface area contributed by atoms with Crippen LogP contribution in [-0.2, 0) is 0 Å².